The molecule has 1 saturated heterocycles. The van der Waals surface area contributed by atoms with Crippen LogP contribution in [0.3, 0.4) is 0 Å². The van der Waals surface area contributed by atoms with Crippen LogP contribution in [0.1, 0.15) is 11.8 Å². The summed E-state index contributed by atoms with van der Waals surface area (Å²) in [5, 5.41) is 15.7. The van der Waals surface area contributed by atoms with Gasteiger partial charge < -0.3 is 10.4 Å². The van der Waals surface area contributed by atoms with Crippen molar-refractivity contribution in [1.82, 2.24) is 15.1 Å². The highest BCUT2D eigenvalue weighted by Gasteiger charge is 2.16. The highest BCUT2D eigenvalue weighted by atomic mass is 32.1. The molecule has 0 saturated carbocycles. The maximum Gasteiger partial charge on any atom is 0.0793 e. The first-order valence-electron chi connectivity index (χ1n) is 7.13. The normalized spacial score (nSPS) is 18.9. The molecule has 1 aromatic rings. The second kappa shape index (κ2) is 7.97. The molecule has 0 spiro atoms. The van der Waals surface area contributed by atoms with Gasteiger partial charge >= 0.3 is 0 Å². The van der Waals surface area contributed by atoms with E-state index in [1.54, 1.807) is 11.3 Å². The molecule has 5 heteroatoms. The van der Waals surface area contributed by atoms with Gasteiger partial charge in [-0.2, -0.15) is 0 Å². The van der Waals surface area contributed by atoms with Gasteiger partial charge in [0.2, 0.25) is 0 Å². The lowest BCUT2D eigenvalue weighted by Gasteiger charge is -2.31. The van der Waals surface area contributed by atoms with Gasteiger partial charge in [-0.15, -0.1) is 11.3 Å². The first-order chi connectivity index (χ1) is 9.28. The van der Waals surface area contributed by atoms with Gasteiger partial charge in [-0.1, -0.05) is 13.0 Å². The van der Waals surface area contributed by atoms with Gasteiger partial charge in [0.05, 0.1) is 6.10 Å². The molecule has 0 bridgehead atoms. The van der Waals surface area contributed by atoms with E-state index in [0.717, 1.165) is 52.4 Å². The van der Waals surface area contributed by atoms with Crippen LogP contribution < -0.4 is 5.32 Å². The zero-order valence-corrected chi connectivity index (χ0v) is 12.5. The molecule has 2 rings (SSSR count). The van der Waals surface area contributed by atoms with Crippen molar-refractivity contribution in [2.75, 3.05) is 45.8 Å². The van der Waals surface area contributed by atoms with E-state index in [1.165, 1.54) is 4.88 Å². The van der Waals surface area contributed by atoms with E-state index in [4.69, 9.17) is 0 Å². The molecule has 108 valence electrons. The fourth-order valence-corrected chi connectivity index (χ4v) is 3.22. The van der Waals surface area contributed by atoms with Crippen LogP contribution in [-0.2, 0) is 6.54 Å². The topological polar surface area (TPSA) is 38.7 Å². The van der Waals surface area contributed by atoms with Crippen LogP contribution in [0.25, 0.3) is 0 Å². The number of rotatable bonds is 7. The average molecular weight is 283 g/mol. The van der Waals surface area contributed by atoms with Gasteiger partial charge in [0.1, 0.15) is 0 Å². The number of β-amino-alcohol motifs (C(OH)–C–C–N with tert-alkyl or cyclic N) is 1. The van der Waals surface area contributed by atoms with E-state index < -0.39 is 0 Å². The highest BCUT2D eigenvalue weighted by Crippen LogP contribution is 2.12. The number of nitrogens with one attached hydrogen (secondary N) is 1. The van der Waals surface area contributed by atoms with Crippen LogP contribution in [0.2, 0.25) is 0 Å². The van der Waals surface area contributed by atoms with Gasteiger partial charge in [0.25, 0.3) is 0 Å². The van der Waals surface area contributed by atoms with Gasteiger partial charge in [0, 0.05) is 50.7 Å². The number of thiophene rings is 1. The Bertz CT molecular complexity index is 338. The predicted octanol–water partition coefficient (Wildman–Crippen LogP) is 0.836. The Hall–Kier alpha value is -0.460. The molecule has 4 nitrogen and oxygen atoms in total. The second-order valence-corrected chi connectivity index (χ2v) is 6.14. The molecule has 1 aromatic heterocycles. The van der Waals surface area contributed by atoms with E-state index in [1.807, 2.05) is 0 Å². The van der Waals surface area contributed by atoms with E-state index in [0.29, 0.717) is 0 Å². The first-order valence-corrected chi connectivity index (χ1v) is 8.01. The largest absolute Gasteiger partial charge is 0.390 e. The summed E-state index contributed by atoms with van der Waals surface area (Å²) in [7, 11) is 0. The molecule has 1 atom stereocenters. The number of hydrogen-bond acceptors (Lipinski definition) is 5. The Balaban J connectivity index is 1.73. The van der Waals surface area contributed by atoms with E-state index in [2.05, 4.69) is 39.6 Å². The third-order valence-electron chi connectivity index (χ3n) is 3.55. The Morgan fingerprint density at radius 3 is 2.89 bits per heavy atom. The maximum absolute atomic E-state index is 10.2. The monoisotopic (exact) mass is 283 g/mol. The lowest BCUT2D eigenvalue weighted by atomic mass is 10.2. The summed E-state index contributed by atoms with van der Waals surface area (Å²) in [4.78, 5) is 6.04. The third-order valence-corrected chi connectivity index (χ3v) is 4.42. The van der Waals surface area contributed by atoms with Crippen LogP contribution in [0.4, 0.5) is 0 Å². The molecule has 1 aliphatic heterocycles. The Labute approximate surface area is 120 Å². The van der Waals surface area contributed by atoms with Crippen LogP contribution in [0.5, 0.6) is 0 Å². The van der Waals surface area contributed by atoms with Gasteiger partial charge in [-0.25, -0.2) is 0 Å². The molecular weight excluding hydrogens is 258 g/mol. The highest BCUT2D eigenvalue weighted by molar-refractivity contribution is 7.09. The molecule has 1 aliphatic rings. The van der Waals surface area contributed by atoms with E-state index >= 15 is 0 Å². The molecule has 0 aliphatic carbocycles. The number of piperazine rings is 1. The summed E-state index contributed by atoms with van der Waals surface area (Å²) in [6.45, 7) is 9.83. The average Bonchev–Trinajstić information content (AvgIpc) is 2.92. The number of nitrogens with zero attached hydrogens (tertiary/aromatic N) is 2. The smallest absolute Gasteiger partial charge is 0.0793 e. The van der Waals surface area contributed by atoms with Crippen molar-refractivity contribution in [3.63, 3.8) is 0 Å². The number of likely N-dealkylation sites (N-methyl/N-ethyl adjacent to an activating group) is 1. The summed E-state index contributed by atoms with van der Waals surface area (Å²) < 4.78 is 0. The van der Waals surface area contributed by atoms with Gasteiger partial charge in [0.15, 0.2) is 0 Å². The minimum Gasteiger partial charge on any atom is -0.390 e. The van der Waals surface area contributed by atoms with Crippen LogP contribution in [-0.4, -0.2) is 66.8 Å². The molecule has 2 heterocycles. The number of hydrogen-bond donors (Lipinski definition) is 2. The molecule has 0 radical (unpaired) electrons. The number of aliphatic hydroxyl groups excluding tert-OH is 1. The zero-order chi connectivity index (χ0) is 13.5. The lowest BCUT2D eigenvalue weighted by molar-refractivity contribution is 0.0690. The summed E-state index contributed by atoms with van der Waals surface area (Å²) in [5.74, 6) is 0. The van der Waals surface area contributed by atoms with Gasteiger partial charge in [-0.3, -0.25) is 9.80 Å². The lowest BCUT2D eigenvalue weighted by Crippen LogP contribution is -2.48. The summed E-state index contributed by atoms with van der Waals surface area (Å²) in [6, 6.07) is 4.25. The van der Waals surface area contributed by atoms with Crippen LogP contribution >= 0.6 is 11.3 Å². The van der Waals surface area contributed by atoms with Crippen molar-refractivity contribution in [3.05, 3.63) is 22.4 Å². The summed E-state index contributed by atoms with van der Waals surface area (Å²) in [6.07, 6.45) is -0.252. The van der Waals surface area contributed by atoms with Crippen molar-refractivity contribution in [2.45, 2.75) is 19.6 Å². The van der Waals surface area contributed by atoms with E-state index in [9.17, 15) is 5.11 Å². The SMILES string of the molecule is CCN(Cc1cccs1)CC(O)CN1CCNCC1. The predicted molar refractivity (Wildman–Crippen MR) is 80.6 cm³/mol. The van der Waals surface area contributed by atoms with Crippen molar-refractivity contribution in [2.24, 2.45) is 0 Å². The minimum atomic E-state index is -0.252. The standard InChI is InChI=1S/C14H25N3OS/c1-2-16(12-14-4-3-9-19-14)10-13(18)11-17-7-5-15-6-8-17/h3-4,9,13,15,18H,2,5-8,10-12H2,1H3. The Morgan fingerprint density at radius 1 is 1.47 bits per heavy atom. The minimum absolute atomic E-state index is 0.252. The fraction of sp³-hybridized carbons (Fsp3) is 0.714. The quantitative estimate of drug-likeness (QED) is 0.778. The molecule has 0 amide bonds. The Kier molecular flexibility index (Phi) is 6.26. The summed E-state index contributed by atoms with van der Waals surface area (Å²) in [5.41, 5.74) is 0. The fourth-order valence-electron chi connectivity index (χ4n) is 2.48. The molecule has 1 unspecified atom stereocenters. The zero-order valence-electron chi connectivity index (χ0n) is 11.7. The molecule has 19 heavy (non-hydrogen) atoms. The molecule has 1 fully saturated rings. The van der Waals surface area contributed by atoms with Crippen molar-refractivity contribution in [3.8, 4) is 0 Å². The molecule has 0 aromatic carbocycles. The van der Waals surface area contributed by atoms with Crippen LogP contribution in [0.15, 0.2) is 17.5 Å². The van der Waals surface area contributed by atoms with Crippen molar-refractivity contribution in [1.29, 1.82) is 0 Å². The molecular formula is C14H25N3OS. The number of aliphatic hydroxyl groups is 1. The maximum atomic E-state index is 10.2. The van der Waals surface area contributed by atoms with Gasteiger partial charge in [-0.05, 0) is 18.0 Å². The third kappa shape index (κ3) is 5.20. The van der Waals surface area contributed by atoms with Crippen molar-refractivity contribution >= 4 is 11.3 Å². The van der Waals surface area contributed by atoms with Crippen LogP contribution in [0, 0.1) is 0 Å². The van der Waals surface area contributed by atoms with E-state index in [-0.39, 0.29) is 6.10 Å². The second-order valence-electron chi connectivity index (χ2n) is 5.11. The van der Waals surface area contributed by atoms with Crippen molar-refractivity contribution < 1.29 is 5.11 Å². The Morgan fingerprint density at radius 2 is 2.26 bits per heavy atom. The molecule has 2 N–H and O–H groups in total. The first kappa shape index (κ1) is 14.9. The summed E-state index contributed by atoms with van der Waals surface area (Å²) >= 11 is 1.79.